The lowest BCUT2D eigenvalue weighted by atomic mass is 10.0. The first-order valence-corrected chi connectivity index (χ1v) is 9.54. The molecular weight excluding hydrogens is 454 g/mol. The monoisotopic (exact) mass is 479 g/mol. The summed E-state index contributed by atoms with van der Waals surface area (Å²) in [5.41, 5.74) is 8.44. The van der Waals surface area contributed by atoms with Gasteiger partial charge in [-0.3, -0.25) is 9.89 Å². The highest BCUT2D eigenvalue weighted by atomic mass is 35.5. The Morgan fingerprint density at radius 2 is 1.67 bits per heavy atom. The van der Waals surface area contributed by atoms with Gasteiger partial charge in [-0.1, -0.05) is 5.21 Å². The number of aliphatic hydroxyl groups excluding tert-OH is 1. The molecule has 12 heteroatoms. The van der Waals surface area contributed by atoms with Crippen LogP contribution in [0.5, 0.6) is 23.0 Å². The zero-order valence-corrected chi connectivity index (χ0v) is 19.4. The predicted octanol–water partition coefficient (Wildman–Crippen LogP) is 1.85. The first kappa shape index (κ1) is 25.7. The Hall–Kier alpha value is -3.54. The summed E-state index contributed by atoms with van der Waals surface area (Å²) in [7, 11) is 6.07. The Balaban J connectivity index is 0.00000385. The molecule has 0 saturated heterocycles. The summed E-state index contributed by atoms with van der Waals surface area (Å²) in [4.78, 5) is 12.2. The fourth-order valence-electron chi connectivity index (χ4n) is 3.12. The van der Waals surface area contributed by atoms with Crippen LogP contribution in [0.15, 0.2) is 30.3 Å². The van der Waals surface area contributed by atoms with E-state index >= 15 is 0 Å². The molecule has 3 aromatic rings. The van der Waals surface area contributed by atoms with E-state index < -0.39 is 18.6 Å². The predicted molar refractivity (Wildman–Crippen MR) is 124 cm³/mol. The van der Waals surface area contributed by atoms with Crippen LogP contribution in [0, 0.1) is 0 Å². The average molecular weight is 480 g/mol. The van der Waals surface area contributed by atoms with Crippen molar-refractivity contribution in [1.82, 2.24) is 15.4 Å². The van der Waals surface area contributed by atoms with Crippen LogP contribution in [-0.4, -0.2) is 67.5 Å². The molecule has 3 rings (SSSR count). The van der Waals surface area contributed by atoms with Crippen molar-refractivity contribution < 1.29 is 28.8 Å². The molecule has 1 atom stereocenters. The van der Waals surface area contributed by atoms with E-state index in [4.69, 9.17) is 29.8 Å². The van der Waals surface area contributed by atoms with Gasteiger partial charge in [0.1, 0.15) is 17.5 Å². The van der Waals surface area contributed by atoms with E-state index in [0.717, 1.165) is 0 Å². The van der Waals surface area contributed by atoms with Crippen LogP contribution in [0.3, 0.4) is 0 Å². The van der Waals surface area contributed by atoms with Crippen LogP contribution in [-0.2, 0) is 4.79 Å². The zero-order valence-electron chi connectivity index (χ0n) is 18.5. The molecule has 178 valence electrons. The molecule has 0 spiro atoms. The Labute approximate surface area is 196 Å². The molecule has 0 saturated carbocycles. The Bertz CT molecular complexity index is 1080. The lowest BCUT2D eigenvalue weighted by Gasteiger charge is -2.15. The number of anilines is 1. The summed E-state index contributed by atoms with van der Waals surface area (Å²) in [5, 5.41) is 22.8. The lowest BCUT2D eigenvalue weighted by molar-refractivity contribution is -0.118. The Morgan fingerprint density at radius 3 is 2.21 bits per heavy atom. The summed E-state index contributed by atoms with van der Waals surface area (Å²) in [6.45, 7) is -0.484. The summed E-state index contributed by atoms with van der Waals surface area (Å²) in [6, 6.07) is 7.62. The van der Waals surface area contributed by atoms with E-state index in [1.54, 1.807) is 30.3 Å². The third kappa shape index (κ3) is 5.28. The number of methoxy groups -OCH3 is 4. The number of nitrogens with one attached hydrogen (secondary N) is 2. The van der Waals surface area contributed by atoms with Crippen LogP contribution in [0.2, 0.25) is 0 Å². The van der Waals surface area contributed by atoms with Crippen molar-refractivity contribution >= 4 is 24.0 Å². The zero-order chi connectivity index (χ0) is 23.3. The maximum absolute atomic E-state index is 12.2. The highest BCUT2D eigenvalue weighted by Crippen LogP contribution is 2.42. The number of aromatic nitrogens is 3. The number of carbonyl (C=O) groups is 1. The first-order valence-electron chi connectivity index (χ1n) is 9.54. The van der Waals surface area contributed by atoms with Crippen molar-refractivity contribution in [2.75, 3.05) is 40.4 Å². The molecule has 0 bridgehead atoms. The highest BCUT2D eigenvalue weighted by Gasteiger charge is 2.20. The van der Waals surface area contributed by atoms with Crippen LogP contribution in [0.4, 0.5) is 5.69 Å². The van der Waals surface area contributed by atoms with Crippen LogP contribution in [0.25, 0.3) is 22.5 Å². The minimum absolute atomic E-state index is 0. The van der Waals surface area contributed by atoms with Gasteiger partial charge in [-0.25, -0.2) is 0 Å². The van der Waals surface area contributed by atoms with E-state index in [1.807, 2.05) is 0 Å². The number of carbonyl (C=O) groups excluding carboxylic acids is 1. The number of rotatable bonds is 9. The van der Waals surface area contributed by atoms with Crippen molar-refractivity contribution in [3.05, 3.63) is 30.3 Å². The van der Waals surface area contributed by atoms with Crippen LogP contribution in [0.1, 0.15) is 0 Å². The normalized spacial score (nSPS) is 11.2. The van der Waals surface area contributed by atoms with E-state index in [1.165, 1.54) is 28.4 Å². The molecule has 1 heterocycles. The van der Waals surface area contributed by atoms with Gasteiger partial charge in [-0.05, 0) is 30.3 Å². The van der Waals surface area contributed by atoms with E-state index in [-0.39, 0.29) is 12.4 Å². The summed E-state index contributed by atoms with van der Waals surface area (Å²) in [5.74, 6) is 1.28. The fraction of sp³-hybridized carbons (Fsp3) is 0.286. The van der Waals surface area contributed by atoms with E-state index in [9.17, 15) is 4.79 Å². The van der Waals surface area contributed by atoms with Gasteiger partial charge in [0.05, 0.1) is 46.4 Å². The molecule has 33 heavy (non-hydrogen) atoms. The van der Waals surface area contributed by atoms with Crippen LogP contribution >= 0.6 is 12.4 Å². The quantitative estimate of drug-likeness (QED) is 0.360. The van der Waals surface area contributed by atoms with Gasteiger partial charge < -0.3 is 35.1 Å². The van der Waals surface area contributed by atoms with Gasteiger partial charge in [0.2, 0.25) is 11.7 Å². The Kier molecular flexibility index (Phi) is 8.85. The maximum atomic E-state index is 12.2. The molecule has 0 radical (unpaired) electrons. The third-order valence-electron chi connectivity index (χ3n) is 4.77. The third-order valence-corrected chi connectivity index (χ3v) is 4.77. The van der Waals surface area contributed by atoms with Gasteiger partial charge in [0.25, 0.3) is 0 Å². The number of nitrogens with zero attached hydrogens (tertiary/aromatic N) is 2. The highest BCUT2D eigenvalue weighted by molar-refractivity contribution is 5.97. The molecule has 1 amide bonds. The minimum atomic E-state index is -1.06. The van der Waals surface area contributed by atoms with E-state index in [2.05, 4.69) is 20.7 Å². The molecule has 11 nitrogen and oxygen atoms in total. The minimum Gasteiger partial charge on any atom is -0.495 e. The second kappa shape index (κ2) is 11.4. The molecule has 0 aliphatic rings. The summed E-state index contributed by atoms with van der Waals surface area (Å²) in [6.07, 6.45) is 0. The number of aromatic amines is 1. The smallest absolute Gasteiger partial charge is 0.243 e. The molecule has 0 fully saturated rings. The van der Waals surface area contributed by atoms with Crippen LogP contribution < -0.4 is 30.0 Å². The molecule has 2 aromatic carbocycles. The number of ether oxygens (including phenoxy) is 4. The number of hydrogen-bond donors (Lipinski definition) is 4. The second-order valence-electron chi connectivity index (χ2n) is 6.64. The molecule has 0 aliphatic heterocycles. The summed E-state index contributed by atoms with van der Waals surface area (Å²) >= 11 is 0. The Morgan fingerprint density at radius 1 is 1.03 bits per heavy atom. The average Bonchev–Trinajstić information content (AvgIpc) is 3.32. The number of hydrogen-bond acceptors (Lipinski definition) is 9. The van der Waals surface area contributed by atoms with E-state index in [0.29, 0.717) is 51.2 Å². The number of H-pyrrole nitrogens is 1. The van der Waals surface area contributed by atoms with Crippen molar-refractivity contribution in [2.45, 2.75) is 6.04 Å². The number of aliphatic hydroxyl groups is 1. The van der Waals surface area contributed by atoms with Gasteiger partial charge in [0, 0.05) is 11.1 Å². The van der Waals surface area contributed by atoms with Gasteiger partial charge >= 0.3 is 0 Å². The van der Waals surface area contributed by atoms with Crippen molar-refractivity contribution in [3.63, 3.8) is 0 Å². The molecule has 1 aromatic heterocycles. The SMILES string of the molecule is COc1ccc(-c2nn[nH]c2-c2cc(OC)c(OC)c(OC)c2)cc1NC(=O)C(N)CO.Cl. The molecule has 0 aliphatic carbocycles. The number of nitrogens with two attached hydrogens (primary N) is 1. The summed E-state index contributed by atoms with van der Waals surface area (Å²) < 4.78 is 21.6. The topological polar surface area (TPSA) is 154 Å². The van der Waals surface area contributed by atoms with Gasteiger partial charge in [0.15, 0.2) is 11.5 Å². The molecule has 5 N–H and O–H groups in total. The molecular formula is C21H26ClN5O6. The largest absolute Gasteiger partial charge is 0.495 e. The van der Waals surface area contributed by atoms with Gasteiger partial charge in [-0.2, -0.15) is 0 Å². The lowest BCUT2D eigenvalue weighted by Crippen LogP contribution is -2.38. The van der Waals surface area contributed by atoms with Gasteiger partial charge in [-0.15, -0.1) is 17.5 Å². The first-order chi connectivity index (χ1) is 15.5. The molecule has 1 unspecified atom stereocenters. The number of halogens is 1. The second-order valence-corrected chi connectivity index (χ2v) is 6.64. The fourth-order valence-corrected chi connectivity index (χ4v) is 3.12. The van der Waals surface area contributed by atoms with Crippen molar-refractivity contribution in [2.24, 2.45) is 5.73 Å². The standard InChI is InChI=1S/C21H25N5O6.ClH/c1-29-15-6-5-11(7-14(15)23-21(28)13(22)10-27)18-19(25-26-24-18)12-8-16(30-2)20(32-4)17(9-12)31-3;/h5-9,13,27H,10,22H2,1-4H3,(H,23,28)(H,24,25,26);1H. The van der Waals surface area contributed by atoms with Crippen molar-refractivity contribution in [1.29, 1.82) is 0 Å². The number of amides is 1. The maximum Gasteiger partial charge on any atom is 0.243 e. The van der Waals surface area contributed by atoms with Crippen molar-refractivity contribution in [3.8, 4) is 45.5 Å². The number of benzene rings is 2.